The smallest absolute Gasteiger partial charge is 0.396 e. The van der Waals surface area contributed by atoms with E-state index in [2.05, 4.69) is 10.3 Å². The van der Waals surface area contributed by atoms with E-state index in [9.17, 15) is 26.7 Å². The number of carbonyl (C=O) groups is 1. The van der Waals surface area contributed by atoms with Crippen molar-refractivity contribution >= 4 is 17.6 Å². The van der Waals surface area contributed by atoms with Crippen LogP contribution in [0.25, 0.3) is 0 Å². The molecule has 5 atom stereocenters. The topological polar surface area (TPSA) is 76.8 Å². The highest BCUT2D eigenvalue weighted by Gasteiger charge is 2.47. The lowest BCUT2D eigenvalue weighted by Gasteiger charge is -2.20. The predicted octanol–water partition coefficient (Wildman–Crippen LogP) is 4.85. The molecule has 1 N–H and O–H groups in total. The molecule has 2 aliphatic carbocycles. The van der Waals surface area contributed by atoms with Crippen molar-refractivity contribution in [1.29, 1.82) is 0 Å². The van der Waals surface area contributed by atoms with Crippen LogP contribution in [0.15, 0.2) is 16.5 Å². The van der Waals surface area contributed by atoms with E-state index in [1.54, 1.807) is 4.90 Å². The van der Waals surface area contributed by atoms with Gasteiger partial charge >= 0.3 is 6.18 Å². The van der Waals surface area contributed by atoms with Gasteiger partial charge in [0.15, 0.2) is 23.1 Å². The Morgan fingerprint density at radius 1 is 1.14 bits per heavy atom. The number of carbonyl (C=O) groups excluding carboxylic acids is 1. The Morgan fingerprint density at radius 3 is 2.56 bits per heavy atom. The van der Waals surface area contributed by atoms with Crippen molar-refractivity contribution in [3.05, 3.63) is 35.2 Å². The van der Waals surface area contributed by atoms with Gasteiger partial charge in [0.25, 0.3) is 11.9 Å². The van der Waals surface area contributed by atoms with Gasteiger partial charge in [-0.1, -0.05) is 0 Å². The second-order valence-corrected chi connectivity index (χ2v) is 10.00. The van der Waals surface area contributed by atoms with Crippen molar-refractivity contribution in [3.8, 4) is 5.75 Å². The summed E-state index contributed by atoms with van der Waals surface area (Å²) in [6, 6.07) is 1.54. The van der Waals surface area contributed by atoms with Gasteiger partial charge in [-0.2, -0.15) is 18.2 Å². The Hall–Kier alpha value is -2.89. The van der Waals surface area contributed by atoms with Crippen molar-refractivity contribution < 1.29 is 40.6 Å². The number of halogens is 5. The number of fused-ring (bicyclic) bond motifs is 2. The molecule has 1 aromatic heterocycles. The largest absolute Gasteiger partial charge is 0.484 e. The van der Waals surface area contributed by atoms with E-state index < -0.39 is 47.3 Å². The van der Waals surface area contributed by atoms with E-state index in [4.69, 9.17) is 13.9 Å². The molecule has 3 heterocycles. The van der Waals surface area contributed by atoms with Gasteiger partial charge in [-0.05, 0) is 43.9 Å². The van der Waals surface area contributed by atoms with Gasteiger partial charge in [-0.3, -0.25) is 4.79 Å². The number of ether oxygens (including phenoxy) is 2. The highest BCUT2D eigenvalue weighted by atomic mass is 19.4. The monoisotopic (exact) mass is 513 g/mol. The molecule has 2 aliphatic heterocycles. The predicted molar refractivity (Wildman–Crippen MR) is 116 cm³/mol. The fourth-order valence-electron chi connectivity index (χ4n) is 5.74. The molecule has 0 bridgehead atoms. The summed E-state index contributed by atoms with van der Waals surface area (Å²) in [6.07, 6.45) is -2.53. The summed E-state index contributed by atoms with van der Waals surface area (Å²) >= 11 is 0. The third-order valence-electron chi connectivity index (χ3n) is 7.48. The minimum absolute atomic E-state index is 0.0676. The van der Waals surface area contributed by atoms with E-state index in [0.717, 1.165) is 31.4 Å². The summed E-state index contributed by atoms with van der Waals surface area (Å²) < 4.78 is 85.4. The molecule has 2 aromatic rings. The van der Waals surface area contributed by atoms with Crippen LogP contribution in [0.3, 0.4) is 0 Å². The van der Waals surface area contributed by atoms with Crippen molar-refractivity contribution in [1.82, 2.24) is 4.98 Å². The Balaban J connectivity index is 1.22. The maximum Gasteiger partial charge on any atom is 0.396 e. The summed E-state index contributed by atoms with van der Waals surface area (Å²) in [4.78, 5) is 18.6. The summed E-state index contributed by atoms with van der Waals surface area (Å²) in [5.74, 6) is -3.15. The SMILES string of the molecule is O=C(Nc1cc(F)c(OC2C[C@@H]3C[C@@H]3C2)c(F)c1)c1nc(N2CCC3OCCC32)oc1CC(F)(F)F. The van der Waals surface area contributed by atoms with Gasteiger partial charge < -0.3 is 24.1 Å². The number of anilines is 2. The minimum Gasteiger partial charge on any atom is -0.484 e. The zero-order valence-corrected chi connectivity index (χ0v) is 19.1. The third-order valence-corrected chi connectivity index (χ3v) is 7.48. The van der Waals surface area contributed by atoms with Crippen molar-refractivity contribution in [2.24, 2.45) is 11.8 Å². The number of hydrogen-bond donors (Lipinski definition) is 1. The first-order chi connectivity index (χ1) is 17.1. The zero-order valence-electron chi connectivity index (χ0n) is 19.1. The minimum atomic E-state index is -4.66. The van der Waals surface area contributed by atoms with Crippen molar-refractivity contribution in [2.75, 3.05) is 23.4 Å². The molecular formula is C24H24F5N3O4. The molecule has 0 radical (unpaired) electrons. The Morgan fingerprint density at radius 2 is 1.86 bits per heavy atom. The summed E-state index contributed by atoms with van der Waals surface area (Å²) in [6.45, 7) is 0.983. The molecule has 2 saturated heterocycles. The average molecular weight is 513 g/mol. The molecule has 0 spiro atoms. The van der Waals surface area contributed by atoms with E-state index in [1.165, 1.54) is 0 Å². The molecule has 1 amide bonds. The molecule has 3 unspecified atom stereocenters. The molecular weight excluding hydrogens is 489 g/mol. The van der Waals surface area contributed by atoms with E-state index in [0.29, 0.717) is 37.8 Å². The Labute approximate surface area is 202 Å². The molecule has 12 heteroatoms. The van der Waals surface area contributed by atoms with E-state index in [-0.39, 0.29) is 30.0 Å². The molecule has 4 aliphatic rings. The first kappa shape index (κ1) is 23.5. The standard InChI is InChI=1S/C24H24F5N3O4/c25-15-8-13(9-16(26)21(15)35-14-6-11-5-12(11)7-14)30-22(33)20-19(10-24(27,28)29)36-23(31-20)32-3-1-18-17(32)2-4-34-18/h8-9,11-12,14,17-18H,1-7,10H2,(H,30,33)/t11-,12+,14?,17?,18?. The first-order valence-electron chi connectivity index (χ1n) is 12.1. The van der Waals surface area contributed by atoms with Gasteiger partial charge in [0.05, 0.1) is 18.2 Å². The fraction of sp³-hybridized carbons (Fsp3) is 0.583. The first-order valence-corrected chi connectivity index (χ1v) is 12.1. The average Bonchev–Trinajstić information content (AvgIpc) is 3.24. The van der Waals surface area contributed by atoms with Gasteiger partial charge in [0, 0.05) is 31.0 Å². The lowest BCUT2D eigenvalue weighted by atomic mass is 10.1. The lowest BCUT2D eigenvalue weighted by molar-refractivity contribution is -0.130. The molecule has 7 nitrogen and oxygen atoms in total. The van der Waals surface area contributed by atoms with Crippen LogP contribution < -0.4 is 15.0 Å². The molecule has 6 rings (SSSR count). The Kier molecular flexibility index (Phi) is 5.62. The highest BCUT2D eigenvalue weighted by molar-refractivity contribution is 6.03. The van der Waals surface area contributed by atoms with Crippen molar-refractivity contribution in [3.63, 3.8) is 0 Å². The van der Waals surface area contributed by atoms with Crippen LogP contribution in [-0.4, -0.2) is 48.5 Å². The number of benzene rings is 1. The number of amides is 1. The maximum absolute atomic E-state index is 14.6. The second-order valence-electron chi connectivity index (χ2n) is 10.00. The summed E-state index contributed by atoms with van der Waals surface area (Å²) in [7, 11) is 0. The maximum atomic E-state index is 14.6. The molecule has 36 heavy (non-hydrogen) atoms. The van der Waals surface area contributed by atoms with Crippen LogP contribution in [0.2, 0.25) is 0 Å². The van der Waals surface area contributed by atoms with Gasteiger partial charge in [0.1, 0.15) is 12.2 Å². The van der Waals surface area contributed by atoms with Crippen LogP contribution in [0, 0.1) is 23.5 Å². The summed E-state index contributed by atoms with van der Waals surface area (Å²) in [5.41, 5.74) is -0.861. The summed E-state index contributed by atoms with van der Waals surface area (Å²) in [5, 5.41) is 2.24. The number of aromatic nitrogens is 1. The van der Waals surface area contributed by atoms with Gasteiger partial charge in [-0.15, -0.1) is 0 Å². The van der Waals surface area contributed by atoms with Gasteiger partial charge in [0.2, 0.25) is 0 Å². The van der Waals surface area contributed by atoms with Crippen LogP contribution in [0.5, 0.6) is 5.75 Å². The number of alkyl halides is 3. The third kappa shape index (κ3) is 4.51. The van der Waals surface area contributed by atoms with Crippen LogP contribution in [0.4, 0.5) is 33.7 Å². The van der Waals surface area contributed by atoms with Crippen LogP contribution in [0.1, 0.15) is 48.4 Å². The number of oxazole rings is 1. The Bertz CT molecular complexity index is 1150. The molecule has 1 aromatic carbocycles. The lowest BCUT2D eigenvalue weighted by Crippen LogP contribution is -2.32. The zero-order chi connectivity index (χ0) is 25.2. The van der Waals surface area contributed by atoms with Crippen LogP contribution in [-0.2, 0) is 11.2 Å². The fourth-order valence-corrected chi connectivity index (χ4v) is 5.74. The quantitative estimate of drug-likeness (QED) is 0.557. The number of hydrogen-bond acceptors (Lipinski definition) is 6. The van der Waals surface area contributed by atoms with Crippen molar-refractivity contribution in [2.45, 2.75) is 63.0 Å². The number of rotatable bonds is 6. The normalized spacial score (nSPS) is 28.8. The molecule has 194 valence electrons. The van der Waals surface area contributed by atoms with Gasteiger partial charge in [-0.25, -0.2) is 8.78 Å². The second kappa shape index (κ2) is 8.60. The van der Waals surface area contributed by atoms with E-state index in [1.807, 2.05) is 0 Å². The van der Waals surface area contributed by atoms with Crippen LogP contribution >= 0.6 is 0 Å². The molecule has 2 saturated carbocycles. The number of nitrogens with one attached hydrogen (secondary N) is 1. The molecule has 4 fully saturated rings. The number of nitrogens with zero attached hydrogens (tertiary/aromatic N) is 2. The highest BCUT2D eigenvalue weighted by Crippen LogP contribution is 2.52. The van der Waals surface area contributed by atoms with E-state index >= 15 is 0 Å².